The summed E-state index contributed by atoms with van der Waals surface area (Å²) in [6, 6.07) is 15.3. The Balaban J connectivity index is 1.50. The van der Waals surface area contributed by atoms with Gasteiger partial charge < -0.3 is 9.47 Å². The van der Waals surface area contributed by atoms with Gasteiger partial charge in [0.15, 0.2) is 5.43 Å². The van der Waals surface area contributed by atoms with E-state index in [1.165, 1.54) is 0 Å². The molecule has 0 radical (unpaired) electrons. The second kappa shape index (κ2) is 8.38. The van der Waals surface area contributed by atoms with E-state index in [2.05, 4.69) is 4.98 Å². The lowest BCUT2D eigenvalue weighted by Gasteiger charge is -2.36. The SMILES string of the molecule is O=C(Cn1ccc(=O)c2ccccc21)N1CCCCC1CCc1ccccn1. The largest absolute Gasteiger partial charge is 0.338 e. The minimum Gasteiger partial charge on any atom is -0.338 e. The zero-order valence-electron chi connectivity index (χ0n) is 16.0. The Bertz CT molecular complexity index is 1010. The first-order valence-electron chi connectivity index (χ1n) is 10.00. The Morgan fingerprint density at radius 2 is 1.93 bits per heavy atom. The van der Waals surface area contributed by atoms with Crippen LogP contribution in [-0.4, -0.2) is 32.9 Å². The first kappa shape index (κ1) is 18.4. The molecule has 1 amide bonds. The van der Waals surface area contributed by atoms with Crippen molar-refractivity contribution in [3.63, 3.8) is 0 Å². The number of aryl methyl sites for hydroxylation is 1. The zero-order valence-corrected chi connectivity index (χ0v) is 16.0. The molecular weight excluding hydrogens is 350 g/mol. The van der Waals surface area contributed by atoms with Crippen LogP contribution in [0.3, 0.4) is 0 Å². The fourth-order valence-corrected chi connectivity index (χ4v) is 4.12. The van der Waals surface area contributed by atoms with Gasteiger partial charge in [0.2, 0.25) is 5.91 Å². The van der Waals surface area contributed by atoms with E-state index >= 15 is 0 Å². The first-order chi connectivity index (χ1) is 13.7. The number of pyridine rings is 2. The molecule has 3 aromatic rings. The Morgan fingerprint density at radius 3 is 2.79 bits per heavy atom. The van der Waals surface area contributed by atoms with Gasteiger partial charge in [-0.15, -0.1) is 0 Å². The first-order valence-corrected chi connectivity index (χ1v) is 10.00. The van der Waals surface area contributed by atoms with Crippen LogP contribution in [0.2, 0.25) is 0 Å². The molecule has 1 unspecified atom stereocenters. The molecule has 3 heterocycles. The highest BCUT2D eigenvalue weighted by molar-refractivity contribution is 5.82. The van der Waals surface area contributed by atoms with Gasteiger partial charge >= 0.3 is 0 Å². The van der Waals surface area contributed by atoms with Crippen molar-refractivity contribution < 1.29 is 4.79 Å². The summed E-state index contributed by atoms with van der Waals surface area (Å²) in [6.45, 7) is 1.07. The number of nitrogens with zero attached hydrogens (tertiary/aromatic N) is 3. The number of carbonyl (C=O) groups is 1. The van der Waals surface area contributed by atoms with E-state index in [1.807, 2.05) is 58.1 Å². The lowest BCUT2D eigenvalue weighted by molar-refractivity contribution is -0.135. The number of carbonyl (C=O) groups excluding carboxylic acids is 1. The monoisotopic (exact) mass is 375 g/mol. The minimum absolute atomic E-state index is 0.00879. The molecule has 0 bridgehead atoms. The van der Waals surface area contributed by atoms with Gasteiger partial charge in [-0.05, 0) is 56.4 Å². The van der Waals surface area contributed by atoms with Gasteiger partial charge in [-0.2, -0.15) is 0 Å². The van der Waals surface area contributed by atoms with Crippen molar-refractivity contribution in [3.8, 4) is 0 Å². The van der Waals surface area contributed by atoms with Crippen molar-refractivity contribution in [2.24, 2.45) is 0 Å². The topological polar surface area (TPSA) is 55.2 Å². The molecule has 4 rings (SSSR count). The fraction of sp³-hybridized carbons (Fsp3) is 0.348. The molecule has 1 aromatic carbocycles. The number of hydrogen-bond acceptors (Lipinski definition) is 3. The molecule has 0 spiro atoms. The van der Waals surface area contributed by atoms with E-state index in [0.717, 1.165) is 49.9 Å². The van der Waals surface area contributed by atoms with Crippen molar-refractivity contribution in [2.75, 3.05) is 6.54 Å². The van der Waals surface area contributed by atoms with Crippen LogP contribution in [0.5, 0.6) is 0 Å². The van der Waals surface area contributed by atoms with E-state index in [9.17, 15) is 9.59 Å². The van der Waals surface area contributed by atoms with E-state index < -0.39 is 0 Å². The van der Waals surface area contributed by atoms with E-state index in [1.54, 1.807) is 12.3 Å². The van der Waals surface area contributed by atoms with Crippen molar-refractivity contribution >= 4 is 16.8 Å². The number of piperidine rings is 1. The molecule has 0 saturated carbocycles. The third kappa shape index (κ3) is 3.98. The van der Waals surface area contributed by atoms with Gasteiger partial charge in [0.1, 0.15) is 6.54 Å². The summed E-state index contributed by atoms with van der Waals surface area (Å²) < 4.78 is 1.89. The van der Waals surface area contributed by atoms with Crippen LogP contribution in [0.1, 0.15) is 31.4 Å². The van der Waals surface area contributed by atoms with Gasteiger partial charge in [-0.1, -0.05) is 18.2 Å². The number of likely N-dealkylation sites (tertiary alicyclic amines) is 1. The Labute approximate surface area is 164 Å². The summed E-state index contributed by atoms with van der Waals surface area (Å²) in [6.07, 6.45) is 8.64. The molecule has 1 aliphatic rings. The molecule has 0 N–H and O–H groups in total. The van der Waals surface area contributed by atoms with Crippen LogP contribution in [-0.2, 0) is 17.8 Å². The molecule has 5 nitrogen and oxygen atoms in total. The number of rotatable bonds is 5. The van der Waals surface area contributed by atoms with Crippen molar-refractivity contribution in [1.29, 1.82) is 0 Å². The van der Waals surface area contributed by atoms with Crippen molar-refractivity contribution in [3.05, 3.63) is 76.8 Å². The molecule has 5 heteroatoms. The number of aromatic nitrogens is 2. The summed E-state index contributed by atoms with van der Waals surface area (Å²) in [7, 11) is 0. The van der Waals surface area contributed by atoms with Gasteiger partial charge in [-0.25, -0.2) is 0 Å². The molecule has 1 atom stereocenters. The second-order valence-corrected chi connectivity index (χ2v) is 7.42. The summed E-state index contributed by atoms with van der Waals surface area (Å²) >= 11 is 0. The van der Waals surface area contributed by atoms with Crippen LogP contribution in [0, 0.1) is 0 Å². The number of para-hydroxylation sites is 1. The third-order valence-corrected chi connectivity index (χ3v) is 5.60. The maximum absolute atomic E-state index is 13.1. The normalized spacial score (nSPS) is 17.0. The molecule has 1 fully saturated rings. The summed E-state index contributed by atoms with van der Waals surface area (Å²) in [5.74, 6) is 0.125. The van der Waals surface area contributed by atoms with Crippen molar-refractivity contribution in [2.45, 2.75) is 44.7 Å². The highest BCUT2D eigenvalue weighted by atomic mass is 16.2. The lowest BCUT2D eigenvalue weighted by atomic mass is 9.97. The maximum Gasteiger partial charge on any atom is 0.242 e. The van der Waals surface area contributed by atoms with Crippen LogP contribution >= 0.6 is 0 Å². The average Bonchev–Trinajstić information content (AvgIpc) is 2.75. The summed E-state index contributed by atoms with van der Waals surface area (Å²) in [5, 5.41) is 0.656. The van der Waals surface area contributed by atoms with E-state index in [4.69, 9.17) is 0 Å². The lowest BCUT2D eigenvalue weighted by Crippen LogP contribution is -2.45. The fourth-order valence-electron chi connectivity index (χ4n) is 4.12. The predicted octanol–water partition coefficient (Wildman–Crippen LogP) is 3.41. The highest BCUT2D eigenvalue weighted by Gasteiger charge is 2.26. The number of benzene rings is 1. The van der Waals surface area contributed by atoms with Crippen LogP contribution in [0.4, 0.5) is 0 Å². The Morgan fingerprint density at radius 1 is 1.07 bits per heavy atom. The van der Waals surface area contributed by atoms with Crippen LogP contribution in [0.15, 0.2) is 65.7 Å². The second-order valence-electron chi connectivity index (χ2n) is 7.42. The maximum atomic E-state index is 13.1. The van der Waals surface area contributed by atoms with Gasteiger partial charge in [-0.3, -0.25) is 14.6 Å². The van der Waals surface area contributed by atoms with Gasteiger partial charge in [0.25, 0.3) is 0 Å². The molecule has 1 saturated heterocycles. The van der Waals surface area contributed by atoms with Gasteiger partial charge in [0, 0.05) is 42.1 Å². The van der Waals surface area contributed by atoms with Crippen LogP contribution < -0.4 is 5.43 Å². The van der Waals surface area contributed by atoms with Crippen LogP contribution in [0.25, 0.3) is 10.9 Å². The van der Waals surface area contributed by atoms with Crippen molar-refractivity contribution in [1.82, 2.24) is 14.5 Å². The number of hydrogen-bond donors (Lipinski definition) is 0. The third-order valence-electron chi connectivity index (χ3n) is 5.60. The summed E-state index contributed by atoms with van der Waals surface area (Å²) in [4.78, 5) is 31.7. The molecule has 1 aliphatic heterocycles. The standard InChI is InChI=1S/C23H25N3O2/c27-22-13-16-25(21-10-2-1-9-20(21)22)17-23(28)26-15-6-4-8-19(26)12-11-18-7-3-5-14-24-18/h1-3,5,7,9-10,13-14,16,19H,4,6,8,11-12,15,17H2. The average molecular weight is 375 g/mol. The molecule has 144 valence electrons. The Kier molecular flexibility index (Phi) is 5.51. The molecule has 0 aliphatic carbocycles. The van der Waals surface area contributed by atoms with E-state index in [-0.39, 0.29) is 23.9 Å². The number of amides is 1. The molecule has 28 heavy (non-hydrogen) atoms. The van der Waals surface area contributed by atoms with E-state index in [0.29, 0.717) is 5.39 Å². The molecular formula is C23H25N3O2. The minimum atomic E-state index is -0.00879. The molecule has 2 aromatic heterocycles. The highest BCUT2D eigenvalue weighted by Crippen LogP contribution is 2.22. The number of fused-ring (bicyclic) bond motifs is 1. The predicted molar refractivity (Wildman–Crippen MR) is 110 cm³/mol. The smallest absolute Gasteiger partial charge is 0.242 e. The Hall–Kier alpha value is -2.95. The quantitative estimate of drug-likeness (QED) is 0.687. The summed E-state index contributed by atoms with van der Waals surface area (Å²) in [5.41, 5.74) is 1.88. The van der Waals surface area contributed by atoms with Gasteiger partial charge in [0.05, 0.1) is 5.52 Å². The zero-order chi connectivity index (χ0) is 19.3.